The molecule has 0 bridgehead atoms. The van der Waals surface area contributed by atoms with Crippen LogP contribution in [0.1, 0.15) is 30.3 Å². The van der Waals surface area contributed by atoms with Crippen LogP contribution in [0, 0.1) is 0 Å². The van der Waals surface area contributed by atoms with Crippen LogP contribution in [0.25, 0.3) is 22.8 Å². The zero-order valence-corrected chi connectivity index (χ0v) is 16.5. The van der Waals surface area contributed by atoms with E-state index < -0.39 is 0 Å². The highest BCUT2D eigenvalue weighted by molar-refractivity contribution is 7.10. The Hall–Kier alpha value is -3.46. The molecule has 1 N–H and O–H groups in total. The van der Waals surface area contributed by atoms with Crippen molar-refractivity contribution < 1.29 is 9.32 Å². The zero-order chi connectivity index (χ0) is 20.1. The van der Waals surface area contributed by atoms with Crippen LogP contribution in [-0.4, -0.2) is 31.0 Å². The number of thiazole rings is 1. The number of carbonyl (C=O) groups is 1. The molecule has 0 fully saturated rings. The number of rotatable bonds is 7. The van der Waals surface area contributed by atoms with E-state index in [-0.39, 0.29) is 18.4 Å². The minimum Gasteiger partial charge on any atom is -0.347 e. The third kappa shape index (κ3) is 4.69. The van der Waals surface area contributed by atoms with Crippen LogP contribution in [0.5, 0.6) is 0 Å². The van der Waals surface area contributed by atoms with Gasteiger partial charge >= 0.3 is 0 Å². The van der Waals surface area contributed by atoms with Crippen LogP contribution in [0.15, 0.2) is 58.8 Å². The second kappa shape index (κ2) is 8.70. The summed E-state index contributed by atoms with van der Waals surface area (Å²) in [5.41, 5.74) is 2.44. The molecule has 0 saturated carbocycles. The summed E-state index contributed by atoms with van der Waals surface area (Å²) >= 11 is 1.51. The number of hydrogen-bond donors (Lipinski definition) is 1. The highest BCUT2D eigenvalue weighted by Crippen LogP contribution is 2.24. The van der Waals surface area contributed by atoms with E-state index in [0.29, 0.717) is 23.8 Å². The number of amides is 1. The Morgan fingerprint density at radius 3 is 2.90 bits per heavy atom. The molecule has 4 heterocycles. The third-order valence-electron chi connectivity index (χ3n) is 4.16. The van der Waals surface area contributed by atoms with Gasteiger partial charge < -0.3 is 9.84 Å². The summed E-state index contributed by atoms with van der Waals surface area (Å²) in [5, 5.41) is 9.68. The van der Waals surface area contributed by atoms with Crippen molar-refractivity contribution in [2.45, 2.75) is 25.8 Å². The van der Waals surface area contributed by atoms with Crippen molar-refractivity contribution in [1.29, 1.82) is 0 Å². The fourth-order valence-electron chi connectivity index (χ4n) is 2.68. The summed E-state index contributed by atoms with van der Waals surface area (Å²) in [7, 11) is 0. The summed E-state index contributed by atoms with van der Waals surface area (Å²) < 4.78 is 5.21. The van der Waals surface area contributed by atoms with Crippen molar-refractivity contribution in [3.05, 3.63) is 65.2 Å². The molecule has 1 atom stereocenters. The van der Waals surface area contributed by atoms with Crippen LogP contribution >= 0.6 is 11.3 Å². The molecule has 0 radical (unpaired) electrons. The van der Waals surface area contributed by atoms with Gasteiger partial charge in [-0.15, -0.1) is 11.3 Å². The fraction of sp³-hybridized carbons (Fsp3) is 0.200. The molecule has 0 aliphatic heterocycles. The van der Waals surface area contributed by atoms with E-state index in [2.05, 4.69) is 30.4 Å². The summed E-state index contributed by atoms with van der Waals surface area (Å²) in [6.45, 7) is 1.91. The molecule has 4 rings (SSSR count). The van der Waals surface area contributed by atoms with Gasteiger partial charge in [0, 0.05) is 42.4 Å². The van der Waals surface area contributed by atoms with E-state index >= 15 is 0 Å². The molecule has 0 aromatic carbocycles. The summed E-state index contributed by atoms with van der Waals surface area (Å²) in [6.07, 6.45) is 5.76. The maximum atomic E-state index is 12.3. The van der Waals surface area contributed by atoms with E-state index in [1.807, 2.05) is 36.6 Å². The average Bonchev–Trinajstić information content (AvgIpc) is 3.44. The van der Waals surface area contributed by atoms with Gasteiger partial charge in [-0.1, -0.05) is 11.2 Å². The fourth-order valence-corrected chi connectivity index (χ4v) is 3.52. The monoisotopic (exact) mass is 406 g/mol. The predicted octanol–water partition coefficient (Wildman–Crippen LogP) is 3.46. The summed E-state index contributed by atoms with van der Waals surface area (Å²) in [4.78, 5) is 29.5. The number of aryl methyl sites for hydroxylation is 1. The van der Waals surface area contributed by atoms with E-state index in [9.17, 15) is 4.79 Å². The highest BCUT2D eigenvalue weighted by Gasteiger charge is 2.16. The highest BCUT2D eigenvalue weighted by atomic mass is 32.1. The minimum atomic E-state index is -0.190. The lowest BCUT2D eigenvalue weighted by molar-refractivity contribution is -0.121. The lowest BCUT2D eigenvalue weighted by Crippen LogP contribution is -2.26. The lowest BCUT2D eigenvalue weighted by Gasteiger charge is -2.10. The maximum absolute atomic E-state index is 12.3. The minimum absolute atomic E-state index is 0.104. The molecule has 29 heavy (non-hydrogen) atoms. The Morgan fingerprint density at radius 2 is 2.10 bits per heavy atom. The molecular weight excluding hydrogens is 388 g/mol. The summed E-state index contributed by atoms with van der Waals surface area (Å²) in [5.74, 6) is 0.717. The Balaban J connectivity index is 1.31. The number of aromatic nitrogens is 5. The first kappa shape index (κ1) is 18.9. The topological polar surface area (TPSA) is 107 Å². The molecule has 0 aliphatic carbocycles. The van der Waals surface area contributed by atoms with E-state index in [4.69, 9.17) is 4.52 Å². The molecule has 0 spiro atoms. The molecule has 1 amide bonds. The Kier molecular flexibility index (Phi) is 5.66. The van der Waals surface area contributed by atoms with E-state index in [1.165, 1.54) is 11.3 Å². The van der Waals surface area contributed by atoms with Crippen LogP contribution in [0.3, 0.4) is 0 Å². The van der Waals surface area contributed by atoms with Gasteiger partial charge in [-0.05, 0) is 31.2 Å². The first-order valence-electron chi connectivity index (χ1n) is 9.08. The molecule has 4 aromatic rings. The van der Waals surface area contributed by atoms with Gasteiger partial charge in [0.25, 0.3) is 0 Å². The van der Waals surface area contributed by atoms with Gasteiger partial charge in [-0.3, -0.25) is 14.8 Å². The standard InChI is InChI=1S/C20H18N6O2S/c1-13(20-24-16(12-29-20)14-5-4-9-21-11-14)23-17(27)7-8-18-25-19(26-28-18)15-6-2-3-10-22-15/h2-6,9-13H,7-8H2,1H3,(H,23,27). The molecule has 4 aromatic heterocycles. The van der Waals surface area contributed by atoms with Crippen molar-refractivity contribution in [2.75, 3.05) is 0 Å². The number of carbonyl (C=O) groups excluding carboxylic acids is 1. The normalized spacial score (nSPS) is 11.9. The quantitative estimate of drug-likeness (QED) is 0.501. The third-order valence-corrected chi connectivity index (χ3v) is 5.18. The van der Waals surface area contributed by atoms with E-state index in [1.54, 1.807) is 24.7 Å². The molecule has 146 valence electrons. The van der Waals surface area contributed by atoms with Gasteiger partial charge in [-0.2, -0.15) is 4.98 Å². The van der Waals surface area contributed by atoms with Crippen molar-refractivity contribution in [3.8, 4) is 22.8 Å². The SMILES string of the molecule is CC(NC(=O)CCc1nc(-c2ccccn2)no1)c1nc(-c2cccnc2)cs1. The Labute approximate surface area is 171 Å². The number of nitrogens with zero attached hydrogens (tertiary/aromatic N) is 5. The van der Waals surface area contributed by atoms with Gasteiger partial charge in [0.15, 0.2) is 0 Å². The Morgan fingerprint density at radius 1 is 1.17 bits per heavy atom. The van der Waals surface area contributed by atoms with Crippen LogP contribution in [-0.2, 0) is 11.2 Å². The van der Waals surface area contributed by atoms with Gasteiger partial charge in [0.2, 0.25) is 17.6 Å². The van der Waals surface area contributed by atoms with Crippen molar-refractivity contribution in [3.63, 3.8) is 0 Å². The largest absolute Gasteiger partial charge is 0.347 e. The molecule has 9 heteroatoms. The number of hydrogen-bond acceptors (Lipinski definition) is 8. The zero-order valence-electron chi connectivity index (χ0n) is 15.6. The van der Waals surface area contributed by atoms with Crippen molar-refractivity contribution in [2.24, 2.45) is 0 Å². The Bertz CT molecular complexity index is 1080. The lowest BCUT2D eigenvalue weighted by atomic mass is 10.2. The van der Waals surface area contributed by atoms with Crippen molar-refractivity contribution in [1.82, 2.24) is 30.4 Å². The maximum Gasteiger partial charge on any atom is 0.227 e. The van der Waals surface area contributed by atoms with Gasteiger partial charge in [0.05, 0.1) is 11.7 Å². The van der Waals surface area contributed by atoms with Crippen LogP contribution in [0.2, 0.25) is 0 Å². The molecule has 0 saturated heterocycles. The van der Waals surface area contributed by atoms with Crippen molar-refractivity contribution >= 4 is 17.2 Å². The first-order chi connectivity index (χ1) is 14.2. The predicted molar refractivity (Wildman–Crippen MR) is 108 cm³/mol. The van der Waals surface area contributed by atoms with Crippen LogP contribution in [0.4, 0.5) is 0 Å². The second-order valence-electron chi connectivity index (χ2n) is 6.33. The average molecular weight is 406 g/mol. The summed E-state index contributed by atoms with van der Waals surface area (Å²) in [6, 6.07) is 9.11. The second-order valence-corrected chi connectivity index (χ2v) is 7.22. The smallest absolute Gasteiger partial charge is 0.227 e. The number of nitrogens with one attached hydrogen (secondary N) is 1. The van der Waals surface area contributed by atoms with E-state index in [0.717, 1.165) is 16.3 Å². The van der Waals surface area contributed by atoms with Gasteiger partial charge in [0.1, 0.15) is 10.7 Å². The van der Waals surface area contributed by atoms with Gasteiger partial charge in [-0.25, -0.2) is 4.98 Å². The molecular formula is C20H18N6O2S. The molecule has 8 nitrogen and oxygen atoms in total. The van der Waals surface area contributed by atoms with Crippen LogP contribution < -0.4 is 5.32 Å². The molecule has 0 aliphatic rings. The molecule has 1 unspecified atom stereocenters. The number of pyridine rings is 2. The first-order valence-corrected chi connectivity index (χ1v) is 9.96.